The van der Waals surface area contributed by atoms with Crippen LogP contribution in [0.5, 0.6) is 11.6 Å². The molecule has 4 rings (SSSR count). The first-order valence-electron chi connectivity index (χ1n) is 12.1. The van der Waals surface area contributed by atoms with Gasteiger partial charge in [0, 0.05) is 36.9 Å². The molecule has 2 aromatic carbocycles. The van der Waals surface area contributed by atoms with Crippen molar-refractivity contribution in [1.82, 2.24) is 15.3 Å². The fraction of sp³-hybridized carbons (Fsp3) is 0.333. The molecule has 37 heavy (non-hydrogen) atoms. The third-order valence-electron chi connectivity index (χ3n) is 6.20. The first kappa shape index (κ1) is 26.4. The molecule has 0 bridgehead atoms. The highest BCUT2D eigenvalue weighted by atomic mass is 79.9. The second-order valence-corrected chi connectivity index (χ2v) is 9.79. The van der Waals surface area contributed by atoms with Gasteiger partial charge in [0.2, 0.25) is 11.8 Å². The lowest BCUT2D eigenvalue weighted by Crippen LogP contribution is -2.39. The van der Waals surface area contributed by atoms with E-state index in [2.05, 4.69) is 47.5 Å². The zero-order chi connectivity index (χ0) is 26.4. The number of nitrogens with one attached hydrogen (secondary N) is 2. The fourth-order valence-electron chi connectivity index (χ4n) is 4.35. The van der Waals surface area contributed by atoms with Crippen molar-refractivity contribution in [3.8, 4) is 17.7 Å². The normalized spacial score (nSPS) is 13.6. The highest BCUT2D eigenvalue weighted by Crippen LogP contribution is 2.33. The molecule has 1 aliphatic rings. The quantitative estimate of drug-likeness (QED) is 0.369. The highest BCUT2D eigenvalue weighted by molar-refractivity contribution is 9.10. The average Bonchev–Trinajstić information content (AvgIpc) is 2.91. The predicted molar refractivity (Wildman–Crippen MR) is 145 cm³/mol. The van der Waals surface area contributed by atoms with Crippen LogP contribution in [0.3, 0.4) is 0 Å². The van der Waals surface area contributed by atoms with Crippen molar-refractivity contribution in [3.63, 3.8) is 0 Å². The first-order valence-corrected chi connectivity index (χ1v) is 12.9. The Bertz CT molecular complexity index is 1290. The molecular formula is C27H29BrN6O3. The number of benzene rings is 2. The lowest BCUT2D eigenvalue weighted by molar-refractivity contribution is 0.0945. The number of hydrogen-bond acceptors (Lipinski definition) is 8. The lowest BCUT2D eigenvalue weighted by Gasteiger charge is -2.34. The van der Waals surface area contributed by atoms with Crippen LogP contribution in [-0.4, -0.2) is 53.3 Å². The molecule has 0 saturated carbocycles. The molecule has 9 nitrogen and oxygen atoms in total. The average molecular weight is 565 g/mol. The van der Waals surface area contributed by atoms with Crippen LogP contribution in [0.25, 0.3) is 0 Å². The zero-order valence-corrected chi connectivity index (χ0v) is 22.4. The van der Waals surface area contributed by atoms with Crippen LogP contribution in [0.15, 0.2) is 47.1 Å². The van der Waals surface area contributed by atoms with Crippen molar-refractivity contribution < 1.29 is 14.6 Å². The third kappa shape index (κ3) is 6.56. The third-order valence-corrected chi connectivity index (χ3v) is 6.74. The van der Waals surface area contributed by atoms with E-state index in [0.717, 1.165) is 42.7 Å². The van der Waals surface area contributed by atoms with Gasteiger partial charge in [0.15, 0.2) is 0 Å². The first-order chi connectivity index (χ1) is 17.9. The van der Waals surface area contributed by atoms with E-state index >= 15 is 0 Å². The highest BCUT2D eigenvalue weighted by Gasteiger charge is 2.21. The van der Waals surface area contributed by atoms with E-state index in [1.807, 2.05) is 32.0 Å². The maximum Gasteiger partial charge on any atom is 0.251 e. The number of hydrogen-bond donors (Lipinski definition) is 3. The molecule has 0 atom stereocenters. The topological polar surface area (TPSA) is 123 Å². The second-order valence-electron chi connectivity index (χ2n) is 8.94. The molecule has 3 N–H and O–H groups in total. The summed E-state index contributed by atoms with van der Waals surface area (Å²) in [4.78, 5) is 23.5. The number of carbonyl (C=O) groups excluding carboxylic acids is 1. The van der Waals surface area contributed by atoms with Gasteiger partial charge in [0.1, 0.15) is 5.75 Å². The van der Waals surface area contributed by atoms with Gasteiger partial charge in [-0.25, -0.2) is 4.98 Å². The van der Waals surface area contributed by atoms with Gasteiger partial charge in [-0.15, -0.1) is 0 Å². The Morgan fingerprint density at radius 3 is 2.65 bits per heavy atom. The molecular weight excluding hydrogens is 536 g/mol. The smallest absolute Gasteiger partial charge is 0.251 e. The van der Waals surface area contributed by atoms with Crippen LogP contribution in [0.1, 0.15) is 39.9 Å². The Morgan fingerprint density at radius 2 is 1.97 bits per heavy atom. The monoisotopic (exact) mass is 564 g/mol. The molecule has 2 heterocycles. The zero-order valence-electron chi connectivity index (χ0n) is 20.8. The number of aromatic nitrogens is 2. The lowest BCUT2D eigenvalue weighted by atomic mass is 10.0. The predicted octanol–water partition coefficient (Wildman–Crippen LogP) is 4.32. The van der Waals surface area contributed by atoms with Crippen molar-refractivity contribution in [2.24, 2.45) is 0 Å². The van der Waals surface area contributed by atoms with Crippen molar-refractivity contribution >= 4 is 33.5 Å². The van der Waals surface area contributed by atoms with Gasteiger partial charge in [-0.3, -0.25) is 4.79 Å². The van der Waals surface area contributed by atoms with Gasteiger partial charge >= 0.3 is 0 Å². The number of aliphatic hydroxyl groups is 1. The maximum absolute atomic E-state index is 12.2. The summed E-state index contributed by atoms with van der Waals surface area (Å²) in [6.07, 6.45) is 3.43. The molecule has 3 aromatic rings. The Kier molecular flexibility index (Phi) is 8.58. The number of anilines is 2. The minimum Gasteiger partial charge on any atom is -0.437 e. The number of aliphatic hydroxyl groups excluding tert-OH is 1. The van der Waals surface area contributed by atoms with E-state index in [0.29, 0.717) is 33.2 Å². The number of halogens is 1. The summed E-state index contributed by atoms with van der Waals surface area (Å²) in [6.45, 7) is 5.60. The molecule has 1 aliphatic heterocycles. The summed E-state index contributed by atoms with van der Waals surface area (Å²) < 4.78 is 6.77. The SMILES string of the molecule is Cc1cc(C#N)cc(C)c1Oc1nc(NC2CCN(c3cccc(C(=O)NCCO)c3)CC2)ncc1Br. The Morgan fingerprint density at radius 1 is 1.24 bits per heavy atom. The van der Waals surface area contributed by atoms with E-state index < -0.39 is 0 Å². The van der Waals surface area contributed by atoms with Crippen molar-refractivity contribution in [2.75, 3.05) is 36.5 Å². The molecule has 1 fully saturated rings. The number of amides is 1. The molecule has 0 radical (unpaired) electrons. The molecule has 0 spiro atoms. The van der Waals surface area contributed by atoms with E-state index in [1.165, 1.54) is 0 Å². The van der Waals surface area contributed by atoms with E-state index in [-0.39, 0.29) is 25.1 Å². The Hall–Kier alpha value is -3.68. The number of carbonyl (C=O) groups is 1. The summed E-state index contributed by atoms with van der Waals surface area (Å²) in [5, 5.41) is 24.2. The van der Waals surface area contributed by atoms with Gasteiger partial charge in [0.25, 0.3) is 5.91 Å². The Labute approximate surface area is 224 Å². The van der Waals surface area contributed by atoms with Crippen molar-refractivity contribution in [3.05, 3.63) is 69.3 Å². The van der Waals surface area contributed by atoms with Gasteiger partial charge in [-0.05, 0) is 84.1 Å². The summed E-state index contributed by atoms with van der Waals surface area (Å²) in [7, 11) is 0. The van der Waals surface area contributed by atoms with Gasteiger partial charge < -0.3 is 25.4 Å². The molecule has 0 unspecified atom stereocenters. The molecule has 1 saturated heterocycles. The minimum atomic E-state index is -0.191. The van der Waals surface area contributed by atoms with Crippen LogP contribution < -0.4 is 20.3 Å². The summed E-state index contributed by atoms with van der Waals surface area (Å²) in [5.41, 5.74) is 3.89. The summed E-state index contributed by atoms with van der Waals surface area (Å²) >= 11 is 3.48. The molecule has 0 aliphatic carbocycles. The van der Waals surface area contributed by atoms with Crippen LogP contribution in [0, 0.1) is 25.2 Å². The van der Waals surface area contributed by atoms with Crippen molar-refractivity contribution in [1.29, 1.82) is 5.26 Å². The Balaban J connectivity index is 1.39. The number of nitrogens with zero attached hydrogens (tertiary/aromatic N) is 4. The van der Waals surface area contributed by atoms with Crippen LogP contribution in [0.2, 0.25) is 0 Å². The van der Waals surface area contributed by atoms with Crippen molar-refractivity contribution in [2.45, 2.75) is 32.7 Å². The van der Waals surface area contributed by atoms with E-state index in [4.69, 9.17) is 9.84 Å². The summed E-state index contributed by atoms with van der Waals surface area (Å²) in [5.74, 6) is 1.37. The molecule has 10 heteroatoms. The minimum absolute atomic E-state index is 0.0869. The molecule has 1 amide bonds. The van der Waals surface area contributed by atoms with E-state index in [1.54, 1.807) is 24.4 Å². The molecule has 1 aromatic heterocycles. The van der Waals surface area contributed by atoms with Gasteiger partial charge in [-0.2, -0.15) is 10.2 Å². The van der Waals surface area contributed by atoms with Gasteiger partial charge in [0.05, 0.1) is 28.9 Å². The molecule has 192 valence electrons. The maximum atomic E-state index is 12.2. The largest absolute Gasteiger partial charge is 0.437 e. The number of ether oxygens (including phenoxy) is 1. The van der Waals surface area contributed by atoms with Crippen LogP contribution in [-0.2, 0) is 0 Å². The van der Waals surface area contributed by atoms with E-state index in [9.17, 15) is 10.1 Å². The number of rotatable bonds is 8. The number of aryl methyl sites for hydroxylation is 2. The van der Waals surface area contributed by atoms with Gasteiger partial charge in [-0.1, -0.05) is 6.07 Å². The summed E-state index contributed by atoms with van der Waals surface area (Å²) in [6, 6.07) is 13.5. The number of nitriles is 1. The van der Waals surface area contributed by atoms with Crippen LogP contribution >= 0.6 is 15.9 Å². The fourth-order valence-corrected chi connectivity index (χ4v) is 4.62. The number of piperidine rings is 1. The standard InChI is InChI=1S/C27H29BrN6O3/c1-17-12-19(15-29)13-18(2)24(17)37-26-23(28)16-31-27(33-26)32-21-6-9-34(10-7-21)22-5-3-4-20(14-22)25(36)30-8-11-35/h3-5,12-14,16,21,35H,6-11H2,1-2H3,(H,30,36)(H,31,32,33). The van der Waals surface area contributed by atoms with Crippen LogP contribution in [0.4, 0.5) is 11.6 Å². The second kappa shape index (κ2) is 12.0.